The van der Waals surface area contributed by atoms with E-state index >= 15 is 0 Å². The highest BCUT2D eigenvalue weighted by Gasteiger charge is 2.38. The molecule has 2 aliphatic heterocycles. The van der Waals surface area contributed by atoms with Gasteiger partial charge in [0.1, 0.15) is 6.26 Å². The monoisotopic (exact) mass is 285 g/mol. The van der Waals surface area contributed by atoms with E-state index in [0.29, 0.717) is 23.3 Å². The first kappa shape index (κ1) is 13.8. The van der Waals surface area contributed by atoms with Gasteiger partial charge in [0.15, 0.2) is 5.76 Å². The van der Waals surface area contributed by atoms with Gasteiger partial charge in [0, 0.05) is 32.2 Å². The Balaban J connectivity index is 0.000000408. The molecule has 0 saturated carbocycles. The van der Waals surface area contributed by atoms with Crippen molar-refractivity contribution in [1.29, 1.82) is 0 Å². The molecule has 8 heteroatoms. The SMILES string of the molecule is Nc1coc(C(=O)N2CC3CNCC3C2)c1.O=S=O. The summed E-state index contributed by atoms with van der Waals surface area (Å²) in [6.45, 7) is 3.71. The number of fused-ring (bicyclic) bond motifs is 1. The molecule has 0 spiro atoms. The van der Waals surface area contributed by atoms with Crippen LogP contribution >= 0.6 is 0 Å². The largest absolute Gasteiger partial charge is 0.457 e. The Morgan fingerprint density at radius 2 is 1.95 bits per heavy atom. The molecule has 2 saturated heterocycles. The lowest BCUT2D eigenvalue weighted by molar-refractivity contribution is 0.0750. The molecule has 0 aliphatic carbocycles. The predicted octanol–water partition coefficient (Wildman–Crippen LogP) is -0.517. The molecule has 3 N–H and O–H groups in total. The normalized spacial score (nSPS) is 24.5. The van der Waals surface area contributed by atoms with E-state index in [-0.39, 0.29) is 5.91 Å². The standard InChI is InChI=1S/C11H15N3O2.O2S/c12-9-1-10(16-6-9)11(15)14-4-7-2-13-3-8(7)5-14;1-3-2/h1,6-8,13H,2-5,12H2;. The second-order valence-electron chi connectivity index (χ2n) is 4.70. The zero-order valence-corrected chi connectivity index (χ0v) is 11.0. The number of hydrogen-bond acceptors (Lipinski definition) is 6. The van der Waals surface area contributed by atoms with Crippen molar-refractivity contribution < 1.29 is 17.6 Å². The molecule has 1 aromatic rings. The van der Waals surface area contributed by atoms with Crippen LogP contribution in [0.15, 0.2) is 16.7 Å². The summed E-state index contributed by atoms with van der Waals surface area (Å²) in [5, 5.41) is 3.35. The number of nitrogens with two attached hydrogens (primary N) is 1. The first-order valence-corrected chi connectivity index (χ1v) is 6.58. The third kappa shape index (κ3) is 3.02. The summed E-state index contributed by atoms with van der Waals surface area (Å²) >= 11 is -0.750. The van der Waals surface area contributed by atoms with Gasteiger partial charge >= 0.3 is 11.6 Å². The Kier molecular flexibility index (Phi) is 4.33. The fourth-order valence-corrected chi connectivity index (χ4v) is 2.64. The summed E-state index contributed by atoms with van der Waals surface area (Å²) in [5.41, 5.74) is 6.04. The van der Waals surface area contributed by atoms with E-state index in [1.165, 1.54) is 6.26 Å². The molecule has 0 bridgehead atoms. The van der Waals surface area contributed by atoms with Crippen molar-refractivity contribution in [2.75, 3.05) is 31.9 Å². The van der Waals surface area contributed by atoms with Crippen molar-refractivity contribution in [3.05, 3.63) is 18.1 Å². The molecule has 19 heavy (non-hydrogen) atoms. The fourth-order valence-electron chi connectivity index (χ4n) is 2.64. The van der Waals surface area contributed by atoms with Crippen molar-refractivity contribution in [3.8, 4) is 0 Å². The lowest BCUT2D eigenvalue weighted by atomic mass is 10.0. The highest BCUT2D eigenvalue weighted by Crippen LogP contribution is 2.27. The van der Waals surface area contributed by atoms with Crippen molar-refractivity contribution in [3.63, 3.8) is 0 Å². The Morgan fingerprint density at radius 1 is 1.37 bits per heavy atom. The molecule has 3 rings (SSSR count). The quantitative estimate of drug-likeness (QED) is 0.719. The molecule has 0 radical (unpaired) electrons. The van der Waals surface area contributed by atoms with Crippen LogP contribution < -0.4 is 11.1 Å². The number of carbonyl (C=O) groups is 1. The van der Waals surface area contributed by atoms with E-state index in [4.69, 9.17) is 18.6 Å². The fraction of sp³-hybridized carbons (Fsp3) is 0.545. The Labute approximate surface area is 113 Å². The number of nitrogen functional groups attached to an aromatic ring is 1. The van der Waals surface area contributed by atoms with Crippen LogP contribution in [-0.2, 0) is 11.6 Å². The van der Waals surface area contributed by atoms with E-state index in [1.807, 2.05) is 4.90 Å². The van der Waals surface area contributed by atoms with Crippen molar-refractivity contribution >= 4 is 23.2 Å². The number of furan rings is 1. The van der Waals surface area contributed by atoms with Crippen LogP contribution in [0.1, 0.15) is 10.6 Å². The second-order valence-corrected chi connectivity index (χ2v) is 4.84. The van der Waals surface area contributed by atoms with Crippen LogP contribution in [0.25, 0.3) is 0 Å². The maximum Gasteiger partial charge on any atom is 0.335 e. The van der Waals surface area contributed by atoms with Gasteiger partial charge in [0.05, 0.1) is 5.69 Å². The maximum atomic E-state index is 12.0. The molecule has 2 unspecified atom stereocenters. The lowest BCUT2D eigenvalue weighted by Gasteiger charge is -2.15. The van der Waals surface area contributed by atoms with Crippen LogP contribution in [0.3, 0.4) is 0 Å². The smallest absolute Gasteiger partial charge is 0.335 e. The van der Waals surface area contributed by atoms with Crippen LogP contribution in [-0.4, -0.2) is 45.4 Å². The predicted molar refractivity (Wildman–Crippen MR) is 67.8 cm³/mol. The third-order valence-electron chi connectivity index (χ3n) is 3.51. The van der Waals surface area contributed by atoms with E-state index in [1.54, 1.807) is 6.07 Å². The van der Waals surface area contributed by atoms with E-state index < -0.39 is 11.6 Å². The highest BCUT2D eigenvalue weighted by atomic mass is 32.1. The average Bonchev–Trinajstić information content (AvgIpc) is 3.03. The zero-order valence-electron chi connectivity index (χ0n) is 10.2. The van der Waals surface area contributed by atoms with Gasteiger partial charge < -0.3 is 20.4 Å². The van der Waals surface area contributed by atoms with Gasteiger partial charge in [-0.1, -0.05) is 0 Å². The van der Waals surface area contributed by atoms with Gasteiger partial charge in [0.25, 0.3) is 5.91 Å². The number of likely N-dealkylation sites (tertiary alicyclic amines) is 1. The molecule has 0 aromatic carbocycles. The van der Waals surface area contributed by atoms with Crippen molar-refractivity contribution in [2.45, 2.75) is 0 Å². The van der Waals surface area contributed by atoms with Gasteiger partial charge in [0.2, 0.25) is 0 Å². The van der Waals surface area contributed by atoms with E-state index in [9.17, 15) is 4.79 Å². The Bertz CT molecular complexity index is 486. The minimum Gasteiger partial charge on any atom is -0.457 e. The summed E-state index contributed by atoms with van der Waals surface area (Å²) in [5.74, 6) is 1.53. The summed E-state index contributed by atoms with van der Waals surface area (Å²) in [4.78, 5) is 13.9. The van der Waals surface area contributed by atoms with Gasteiger partial charge in [-0.2, -0.15) is 8.42 Å². The topological polar surface area (TPSA) is 106 Å². The average molecular weight is 285 g/mol. The number of rotatable bonds is 1. The van der Waals surface area contributed by atoms with Gasteiger partial charge in [-0.3, -0.25) is 4.79 Å². The summed E-state index contributed by atoms with van der Waals surface area (Å²) in [6.07, 6.45) is 1.41. The van der Waals surface area contributed by atoms with E-state index in [2.05, 4.69) is 5.32 Å². The highest BCUT2D eigenvalue weighted by molar-refractivity contribution is 7.51. The second kappa shape index (κ2) is 5.98. The molecule has 2 aliphatic rings. The molecular weight excluding hydrogens is 270 g/mol. The van der Waals surface area contributed by atoms with Crippen LogP contribution in [0, 0.1) is 11.8 Å². The molecule has 2 fully saturated rings. The first-order valence-electron chi connectivity index (χ1n) is 5.91. The summed E-state index contributed by atoms with van der Waals surface area (Å²) in [7, 11) is 0. The Morgan fingerprint density at radius 3 is 2.42 bits per heavy atom. The molecule has 1 amide bonds. The molecule has 1 aromatic heterocycles. The van der Waals surface area contributed by atoms with Crippen molar-refractivity contribution in [2.24, 2.45) is 11.8 Å². The van der Waals surface area contributed by atoms with Crippen LogP contribution in [0.2, 0.25) is 0 Å². The van der Waals surface area contributed by atoms with Gasteiger partial charge in [-0.15, -0.1) is 0 Å². The molecular formula is C11H15N3O4S. The minimum atomic E-state index is -0.750. The lowest BCUT2D eigenvalue weighted by Crippen LogP contribution is -2.31. The van der Waals surface area contributed by atoms with Crippen LogP contribution in [0.5, 0.6) is 0 Å². The number of hydrogen-bond donors (Lipinski definition) is 2. The van der Waals surface area contributed by atoms with Crippen LogP contribution in [0.4, 0.5) is 5.69 Å². The summed E-state index contributed by atoms with van der Waals surface area (Å²) < 4.78 is 21.7. The third-order valence-corrected chi connectivity index (χ3v) is 3.51. The van der Waals surface area contributed by atoms with Gasteiger partial charge in [-0.05, 0) is 11.8 Å². The number of amides is 1. The molecule has 3 heterocycles. The summed E-state index contributed by atoms with van der Waals surface area (Å²) in [6, 6.07) is 1.59. The molecule has 2 atom stereocenters. The van der Waals surface area contributed by atoms with Gasteiger partial charge in [-0.25, -0.2) is 0 Å². The number of anilines is 1. The Hall–Kier alpha value is -1.67. The number of nitrogens with one attached hydrogen (secondary N) is 1. The minimum absolute atomic E-state index is 0.0360. The number of carbonyl (C=O) groups excluding carboxylic acids is 1. The maximum absolute atomic E-state index is 12.0. The zero-order chi connectivity index (χ0) is 13.8. The number of nitrogens with zero attached hydrogens (tertiary/aromatic N) is 1. The molecule has 7 nitrogen and oxygen atoms in total. The first-order chi connectivity index (χ1) is 9.15. The van der Waals surface area contributed by atoms with Crippen molar-refractivity contribution in [1.82, 2.24) is 10.2 Å². The molecule has 104 valence electrons. The van der Waals surface area contributed by atoms with E-state index in [0.717, 1.165) is 26.2 Å².